The molecule has 6 heteroatoms. The Kier molecular flexibility index (Phi) is 3.72. The predicted octanol–water partition coefficient (Wildman–Crippen LogP) is 5.37. The lowest BCUT2D eigenvalue weighted by atomic mass is 10.3. The van der Waals surface area contributed by atoms with Crippen molar-refractivity contribution in [1.82, 2.24) is 0 Å². The Balaban J connectivity index is 1.33. The number of anilines is 2. The van der Waals surface area contributed by atoms with Crippen molar-refractivity contribution < 1.29 is 0 Å². The van der Waals surface area contributed by atoms with Gasteiger partial charge >= 0.3 is 0 Å². The van der Waals surface area contributed by atoms with Crippen LogP contribution in [0.2, 0.25) is 0 Å². The van der Waals surface area contributed by atoms with Crippen LogP contribution >= 0.6 is 45.1 Å². The van der Waals surface area contributed by atoms with Crippen LogP contribution in [0.3, 0.4) is 0 Å². The van der Waals surface area contributed by atoms with E-state index in [-0.39, 0.29) is 0 Å². The minimum absolute atomic E-state index is 0.392. The molecule has 2 N–H and O–H groups in total. The van der Waals surface area contributed by atoms with Crippen molar-refractivity contribution in [3.63, 3.8) is 0 Å². The second-order valence-corrected chi connectivity index (χ2v) is 9.75. The van der Waals surface area contributed by atoms with Gasteiger partial charge in [-0.1, -0.05) is 69.4 Å². The van der Waals surface area contributed by atoms with Crippen LogP contribution in [-0.4, -0.2) is 9.41 Å². The van der Waals surface area contributed by atoms with Crippen LogP contribution in [0.5, 0.6) is 0 Å². The molecule has 0 aliphatic carbocycles. The Morgan fingerprint density at radius 3 is 1.60 bits per heavy atom. The van der Waals surface area contributed by atoms with E-state index in [1.807, 2.05) is 45.1 Å². The van der Waals surface area contributed by atoms with E-state index < -0.39 is 0 Å². The average Bonchev–Trinajstić information content (AvgIpc) is 3.07. The number of thioether (sulfide) groups is 2. The maximum absolute atomic E-state index is 3.55. The van der Waals surface area contributed by atoms with Crippen LogP contribution in [0.1, 0.15) is 0 Å². The summed E-state index contributed by atoms with van der Waals surface area (Å²) in [6, 6.07) is 17.0. The number of fused-ring (bicyclic) bond motifs is 2. The lowest BCUT2D eigenvalue weighted by molar-refractivity contribution is 1.39. The largest absolute Gasteiger partial charge is 0.363 e. The third-order valence-corrected chi connectivity index (χ3v) is 8.97. The summed E-state index contributed by atoms with van der Waals surface area (Å²) in [7, 11) is 3.79. The summed E-state index contributed by atoms with van der Waals surface area (Å²) in [6.07, 6.45) is 0. The van der Waals surface area contributed by atoms with Gasteiger partial charge < -0.3 is 10.6 Å². The number of hydrogen-bond acceptors (Lipinski definition) is 6. The first-order valence-electron chi connectivity index (χ1n) is 6.25. The van der Waals surface area contributed by atoms with Gasteiger partial charge in [-0.3, -0.25) is 0 Å². The van der Waals surface area contributed by atoms with Gasteiger partial charge in [0.1, 0.15) is 9.41 Å². The summed E-state index contributed by atoms with van der Waals surface area (Å²) < 4.78 is 0.784. The van der Waals surface area contributed by atoms with E-state index in [4.69, 9.17) is 0 Å². The minimum atomic E-state index is 0.392. The van der Waals surface area contributed by atoms with Gasteiger partial charge in [0.2, 0.25) is 0 Å². The van der Waals surface area contributed by atoms with E-state index in [1.54, 1.807) is 0 Å². The van der Waals surface area contributed by atoms with Crippen LogP contribution in [0.4, 0.5) is 11.4 Å². The molecule has 0 fully saturated rings. The quantitative estimate of drug-likeness (QED) is 0.731. The summed E-state index contributed by atoms with van der Waals surface area (Å²) in [5.41, 5.74) is 2.51. The van der Waals surface area contributed by atoms with Crippen LogP contribution in [0, 0.1) is 0 Å². The van der Waals surface area contributed by atoms with Gasteiger partial charge in [-0.05, 0) is 24.3 Å². The van der Waals surface area contributed by atoms with Crippen LogP contribution in [-0.2, 0) is 0 Å². The van der Waals surface area contributed by atoms with Crippen molar-refractivity contribution in [3.8, 4) is 0 Å². The number of rotatable bonds is 3. The second-order valence-electron chi connectivity index (χ2n) is 4.37. The molecular weight excluding hydrogens is 324 g/mol. The fourth-order valence-corrected chi connectivity index (χ4v) is 7.67. The molecule has 0 unspecified atom stereocenters. The number of para-hydroxylation sites is 2. The molecule has 2 aliphatic rings. The molecule has 0 amide bonds. The van der Waals surface area contributed by atoms with Crippen LogP contribution in [0.25, 0.3) is 0 Å². The van der Waals surface area contributed by atoms with Gasteiger partial charge in [0, 0.05) is 21.2 Å². The van der Waals surface area contributed by atoms with E-state index in [2.05, 4.69) is 59.2 Å². The van der Waals surface area contributed by atoms with Crippen molar-refractivity contribution in [2.75, 3.05) is 10.6 Å². The monoisotopic (exact) mass is 336 g/mol. The molecule has 20 heavy (non-hydrogen) atoms. The minimum Gasteiger partial charge on any atom is -0.363 e. The van der Waals surface area contributed by atoms with E-state index in [1.165, 1.54) is 21.2 Å². The molecule has 2 aliphatic heterocycles. The summed E-state index contributed by atoms with van der Waals surface area (Å²) in [6.45, 7) is 0. The molecular formula is C14H12N2S4. The summed E-state index contributed by atoms with van der Waals surface area (Å²) in [5, 5.41) is 7.10. The third kappa shape index (κ3) is 2.62. The topological polar surface area (TPSA) is 24.1 Å². The average molecular weight is 337 g/mol. The molecule has 2 atom stereocenters. The van der Waals surface area contributed by atoms with Crippen molar-refractivity contribution in [1.29, 1.82) is 0 Å². The first-order chi connectivity index (χ1) is 9.88. The van der Waals surface area contributed by atoms with E-state index in [9.17, 15) is 0 Å². The van der Waals surface area contributed by atoms with Crippen molar-refractivity contribution in [2.24, 2.45) is 0 Å². The number of nitrogens with one attached hydrogen (secondary N) is 2. The molecule has 0 aromatic heterocycles. The fraction of sp³-hybridized carbons (Fsp3) is 0.143. The van der Waals surface area contributed by atoms with E-state index >= 15 is 0 Å². The third-order valence-electron chi connectivity index (χ3n) is 3.02. The molecule has 2 aromatic rings. The first kappa shape index (κ1) is 13.1. The molecule has 0 saturated heterocycles. The SMILES string of the molecule is c1ccc2c(c1)N[C@H](SS[C@H]1Nc3ccccc3S1)S2. The summed E-state index contributed by atoms with van der Waals surface area (Å²) >= 11 is 3.79. The molecule has 0 bridgehead atoms. The maximum Gasteiger partial charge on any atom is 0.134 e. The Hall–Kier alpha value is -0.560. The highest BCUT2D eigenvalue weighted by molar-refractivity contribution is 8.80. The number of hydrogen-bond donors (Lipinski definition) is 2. The van der Waals surface area contributed by atoms with E-state index in [0.717, 1.165) is 0 Å². The normalized spacial score (nSPS) is 22.8. The lowest BCUT2D eigenvalue weighted by Crippen LogP contribution is -2.07. The smallest absolute Gasteiger partial charge is 0.134 e. The second kappa shape index (κ2) is 5.67. The van der Waals surface area contributed by atoms with Crippen LogP contribution < -0.4 is 10.6 Å². The molecule has 0 saturated carbocycles. The first-order valence-corrected chi connectivity index (χ1v) is 10.3. The molecule has 2 nitrogen and oxygen atoms in total. The molecule has 0 spiro atoms. The highest BCUT2D eigenvalue weighted by Gasteiger charge is 2.26. The van der Waals surface area contributed by atoms with Gasteiger partial charge in [-0.15, -0.1) is 0 Å². The molecule has 2 heterocycles. The van der Waals surface area contributed by atoms with Crippen molar-refractivity contribution in [3.05, 3.63) is 48.5 Å². The molecule has 102 valence electrons. The fourth-order valence-electron chi connectivity index (χ4n) is 2.11. The predicted molar refractivity (Wildman–Crippen MR) is 94.6 cm³/mol. The Morgan fingerprint density at radius 2 is 1.15 bits per heavy atom. The van der Waals surface area contributed by atoms with Crippen molar-refractivity contribution in [2.45, 2.75) is 19.2 Å². The Labute approximate surface area is 134 Å². The lowest BCUT2D eigenvalue weighted by Gasteiger charge is -2.13. The van der Waals surface area contributed by atoms with Gasteiger partial charge in [-0.2, -0.15) is 0 Å². The van der Waals surface area contributed by atoms with Gasteiger partial charge in [0.15, 0.2) is 0 Å². The van der Waals surface area contributed by atoms with Gasteiger partial charge in [0.25, 0.3) is 0 Å². The summed E-state index contributed by atoms with van der Waals surface area (Å²) in [4.78, 5) is 2.70. The zero-order valence-electron chi connectivity index (χ0n) is 10.4. The Bertz CT molecular complexity index is 529. The zero-order chi connectivity index (χ0) is 13.4. The number of benzene rings is 2. The van der Waals surface area contributed by atoms with Gasteiger partial charge in [-0.25, -0.2) is 0 Å². The molecule has 0 radical (unpaired) electrons. The highest BCUT2D eigenvalue weighted by atomic mass is 33.1. The van der Waals surface area contributed by atoms with E-state index in [0.29, 0.717) is 9.41 Å². The highest BCUT2D eigenvalue weighted by Crippen LogP contribution is 2.51. The summed E-state index contributed by atoms with van der Waals surface area (Å²) in [5.74, 6) is 0. The van der Waals surface area contributed by atoms with Crippen LogP contribution in [0.15, 0.2) is 58.3 Å². The van der Waals surface area contributed by atoms with Gasteiger partial charge in [0.05, 0.1) is 0 Å². The maximum atomic E-state index is 3.55. The zero-order valence-corrected chi connectivity index (χ0v) is 13.7. The Morgan fingerprint density at radius 1 is 0.700 bits per heavy atom. The molecule has 4 rings (SSSR count). The van der Waals surface area contributed by atoms with Crippen molar-refractivity contribution >= 4 is 56.5 Å². The standard InChI is InChI=1S/C14H12N2S4/c1-3-7-11-9(5-1)15-13(17-11)19-20-14-16-10-6-2-4-8-12(10)18-14/h1-8,13-16H/t13-,14-/m0/s1. The molecule has 2 aromatic carbocycles.